The predicted molar refractivity (Wildman–Crippen MR) is 73.2 cm³/mol. The second-order valence-corrected chi connectivity index (χ2v) is 4.79. The van der Waals surface area contributed by atoms with Crippen molar-refractivity contribution in [1.82, 2.24) is 0 Å². The zero-order valence-corrected chi connectivity index (χ0v) is 10.5. The van der Waals surface area contributed by atoms with Gasteiger partial charge in [-0.05, 0) is 18.1 Å². The molecule has 0 heterocycles. The maximum Gasteiger partial charge on any atom is 0.00109 e. The van der Waals surface area contributed by atoms with Crippen molar-refractivity contribution in [2.24, 2.45) is 5.41 Å². The highest BCUT2D eigenvalue weighted by Crippen LogP contribution is 2.25. The molecule has 0 aromatic heterocycles. The van der Waals surface area contributed by atoms with Gasteiger partial charge in [0.05, 0.1) is 0 Å². The van der Waals surface area contributed by atoms with E-state index >= 15 is 0 Å². The molecule has 0 N–H and O–H groups in total. The summed E-state index contributed by atoms with van der Waals surface area (Å²) >= 11 is 0. The molecule has 16 heavy (non-hydrogen) atoms. The third-order valence-electron chi connectivity index (χ3n) is 2.45. The molecule has 1 rings (SSSR count). The first kappa shape index (κ1) is 12.5. The van der Waals surface area contributed by atoms with Crippen molar-refractivity contribution < 1.29 is 0 Å². The Morgan fingerprint density at radius 2 is 2.00 bits per heavy atom. The van der Waals surface area contributed by atoms with Gasteiger partial charge in [-0.1, -0.05) is 75.1 Å². The average Bonchev–Trinajstić information content (AvgIpc) is 2.35. The highest BCUT2D eigenvalue weighted by atomic mass is 14.2. The molecule has 0 bridgehead atoms. The van der Waals surface area contributed by atoms with Gasteiger partial charge in [-0.15, -0.1) is 0 Å². The molecule has 0 amide bonds. The minimum Gasteiger partial charge on any atom is -0.0984 e. The molecule has 0 saturated carbocycles. The average molecular weight is 212 g/mol. The minimum absolute atomic E-state index is 0.119. The Hall–Kier alpha value is -1.56. The minimum atomic E-state index is 0.119. The molecule has 0 aliphatic heterocycles. The summed E-state index contributed by atoms with van der Waals surface area (Å²) in [6.45, 7) is 14.1. The molecular formula is C16H20. The molecule has 0 fully saturated rings. The number of rotatable bonds is 3. The molecule has 0 aromatic carbocycles. The van der Waals surface area contributed by atoms with Crippen LogP contribution in [0.1, 0.15) is 20.8 Å². The van der Waals surface area contributed by atoms with Crippen molar-refractivity contribution >= 4 is 0 Å². The van der Waals surface area contributed by atoms with Gasteiger partial charge < -0.3 is 0 Å². The fraction of sp³-hybridized carbons (Fsp3) is 0.250. The van der Waals surface area contributed by atoms with Gasteiger partial charge in [-0.3, -0.25) is 0 Å². The van der Waals surface area contributed by atoms with E-state index in [2.05, 4.69) is 63.5 Å². The first-order chi connectivity index (χ1) is 7.44. The molecule has 84 valence electrons. The molecule has 0 spiro atoms. The molecule has 1 aliphatic rings. The number of hydrogen-bond donors (Lipinski definition) is 0. The van der Waals surface area contributed by atoms with Crippen molar-refractivity contribution in [1.29, 1.82) is 0 Å². The van der Waals surface area contributed by atoms with Crippen LogP contribution in [0.25, 0.3) is 0 Å². The summed E-state index contributed by atoms with van der Waals surface area (Å²) in [4.78, 5) is 0. The van der Waals surface area contributed by atoms with Crippen molar-refractivity contribution in [2.75, 3.05) is 0 Å². The first-order valence-corrected chi connectivity index (χ1v) is 5.53. The Balaban J connectivity index is 3.07. The van der Waals surface area contributed by atoms with E-state index in [1.807, 2.05) is 13.0 Å². The first-order valence-electron chi connectivity index (χ1n) is 5.53. The van der Waals surface area contributed by atoms with E-state index in [1.165, 1.54) is 5.57 Å². The Bertz CT molecular complexity index is 409. The van der Waals surface area contributed by atoms with Crippen LogP contribution in [-0.4, -0.2) is 0 Å². The molecule has 0 radical (unpaired) electrons. The summed E-state index contributed by atoms with van der Waals surface area (Å²) in [5, 5.41) is 0. The van der Waals surface area contributed by atoms with Gasteiger partial charge in [-0.2, -0.15) is 0 Å². The zero-order chi connectivity index (χ0) is 12.2. The smallest absolute Gasteiger partial charge is 0.00109 e. The Kier molecular flexibility index (Phi) is 3.89. The van der Waals surface area contributed by atoms with Crippen LogP contribution in [0.4, 0.5) is 0 Å². The van der Waals surface area contributed by atoms with Crippen LogP contribution < -0.4 is 0 Å². The molecule has 1 aliphatic carbocycles. The van der Waals surface area contributed by atoms with E-state index in [4.69, 9.17) is 0 Å². The fourth-order valence-corrected chi connectivity index (χ4v) is 1.53. The van der Waals surface area contributed by atoms with Crippen molar-refractivity contribution in [2.45, 2.75) is 20.8 Å². The molecular weight excluding hydrogens is 192 g/mol. The van der Waals surface area contributed by atoms with Gasteiger partial charge in [0.25, 0.3) is 0 Å². The Labute approximate surface area is 99.1 Å². The van der Waals surface area contributed by atoms with Crippen LogP contribution in [0.5, 0.6) is 0 Å². The lowest BCUT2D eigenvalue weighted by Gasteiger charge is -2.12. The molecule has 0 nitrogen and oxygen atoms in total. The SMILES string of the molecule is C=C/C(=C\C(=C)C)C1=CC=CC(C)(C)C=C1. The van der Waals surface area contributed by atoms with Crippen LogP contribution in [0.15, 0.2) is 72.4 Å². The highest BCUT2D eigenvalue weighted by molar-refractivity contribution is 5.51. The van der Waals surface area contributed by atoms with Crippen LogP contribution >= 0.6 is 0 Å². The summed E-state index contributed by atoms with van der Waals surface area (Å²) in [5.74, 6) is 0. The summed E-state index contributed by atoms with van der Waals surface area (Å²) in [7, 11) is 0. The van der Waals surface area contributed by atoms with E-state index in [0.717, 1.165) is 11.1 Å². The van der Waals surface area contributed by atoms with Crippen molar-refractivity contribution in [3.63, 3.8) is 0 Å². The summed E-state index contributed by atoms with van der Waals surface area (Å²) in [6.07, 6.45) is 14.7. The normalized spacial score (nSPS) is 18.9. The second-order valence-electron chi connectivity index (χ2n) is 4.79. The standard InChI is InChI=1S/C16H20/c1-6-14(12-13(2)3)15-8-7-10-16(4,5)11-9-15/h6-12H,1-2H2,3-5H3/b14-12+. The number of allylic oxidation sites excluding steroid dienone is 10. The predicted octanol–water partition coefficient (Wildman–Crippen LogP) is 4.75. The number of hydrogen-bond acceptors (Lipinski definition) is 0. The maximum absolute atomic E-state index is 3.90. The quantitative estimate of drug-likeness (QED) is 0.592. The lowest BCUT2D eigenvalue weighted by atomic mass is 9.92. The van der Waals surface area contributed by atoms with Gasteiger partial charge in [0, 0.05) is 5.41 Å². The fourth-order valence-electron chi connectivity index (χ4n) is 1.53. The van der Waals surface area contributed by atoms with Crippen LogP contribution in [0.2, 0.25) is 0 Å². The third-order valence-corrected chi connectivity index (χ3v) is 2.45. The van der Waals surface area contributed by atoms with Crippen molar-refractivity contribution in [3.05, 3.63) is 72.4 Å². The monoisotopic (exact) mass is 212 g/mol. The summed E-state index contributed by atoms with van der Waals surface area (Å²) in [5.41, 5.74) is 3.45. The van der Waals surface area contributed by atoms with Crippen LogP contribution in [-0.2, 0) is 0 Å². The summed E-state index contributed by atoms with van der Waals surface area (Å²) in [6, 6.07) is 0. The lowest BCUT2D eigenvalue weighted by molar-refractivity contribution is 0.627. The Morgan fingerprint density at radius 1 is 1.31 bits per heavy atom. The maximum atomic E-state index is 3.90. The van der Waals surface area contributed by atoms with Gasteiger partial charge in [0.15, 0.2) is 0 Å². The summed E-state index contributed by atoms with van der Waals surface area (Å²) < 4.78 is 0. The molecule has 0 atom stereocenters. The molecule has 0 saturated heterocycles. The molecule has 0 heteroatoms. The van der Waals surface area contributed by atoms with Gasteiger partial charge in [-0.25, -0.2) is 0 Å². The van der Waals surface area contributed by atoms with E-state index in [1.54, 1.807) is 0 Å². The van der Waals surface area contributed by atoms with Gasteiger partial charge in [0.2, 0.25) is 0 Å². The van der Waals surface area contributed by atoms with Gasteiger partial charge >= 0.3 is 0 Å². The van der Waals surface area contributed by atoms with Crippen LogP contribution in [0.3, 0.4) is 0 Å². The van der Waals surface area contributed by atoms with E-state index < -0.39 is 0 Å². The zero-order valence-electron chi connectivity index (χ0n) is 10.5. The van der Waals surface area contributed by atoms with E-state index in [0.29, 0.717) is 0 Å². The van der Waals surface area contributed by atoms with Gasteiger partial charge in [0.1, 0.15) is 0 Å². The second kappa shape index (κ2) is 4.98. The van der Waals surface area contributed by atoms with E-state index in [-0.39, 0.29) is 5.41 Å². The lowest BCUT2D eigenvalue weighted by Crippen LogP contribution is -2.00. The highest BCUT2D eigenvalue weighted by Gasteiger charge is 2.11. The third kappa shape index (κ3) is 3.54. The van der Waals surface area contributed by atoms with Crippen molar-refractivity contribution in [3.8, 4) is 0 Å². The van der Waals surface area contributed by atoms with E-state index in [9.17, 15) is 0 Å². The molecule has 0 unspecified atom stereocenters. The topological polar surface area (TPSA) is 0 Å². The Morgan fingerprint density at radius 3 is 2.56 bits per heavy atom. The van der Waals surface area contributed by atoms with Crippen LogP contribution in [0, 0.1) is 5.41 Å². The largest absolute Gasteiger partial charge is 0.0984 e. The molecule has 0 aromatic rings.